The lowest BCUT2D eigenvalue weighted by Gasteiger charge is -2.39. The number of nitrogens with zero attached hydrogens (tertiary/aromatic N) is 1. The van der Waals surface area contributed by atoms with Gasteiger partial charge in [-0.3, -0.25) is 4.90 Å². The predicted molar refractivity (Wildman–Crippen MR) is 55.0 cm³/mol. The molecule has 0 aromatic heterocycles. The fourth-order valence-electron chi connectivity index (χ4n) is 1.98. The summed E-state index contributed by atoms with van der Waals surface area (Å²) >= 11 is 0. The molecule has 0 aromatic carbocycles. The molecule has 0 amide bonds. The van der Waals surface area contributed by atoms with Crippen molar-refractivity contribution in [1.29, 1.82) is 0 Å². The Hall–Kier alpha value is -0.650. The Morgan fingerprint density at radius 1 is 1.12 bits per heavy atom. The average molecular weight is 257 g/mol. The lowest BCUT2D eigenvalue weighted by atomic mass is 9.94. The maximum absolute atomic E-state index is 14.0. The first kappa shape index (κ1) is 14.4. The van der Waals surface area contributed by atoms with Crippen LogP contribution in [0.5, 0.6) is 0 Å². The summed E-state index contributed by atoms with van der Waals surface area (Å²) in [5.74, 6) is 0. The summed E-state index contributed by atoms with van der Waals surface area (Å²) in [7, 11) is 0. The fraction of sp³-hybridized carbons (Fsp3) is 0.818. The minimum Gasteiger partial charge on any atom is -0.271 e. The highest BCUT2D eigenvalue weighted by molar-refractivity contribution is 5.17. The molecule has 1 rings (SSSR count). The van der Waals surface area contributed by atoms with Gasteiger partial charge in [-0.1, -0.05) is 13.0 Å². The van der Waals surface area contributed by atoms with E-state index in [-0.39, 0.29) is 13.1 Å². The molecule has 0 aliphatic carbocycles. The van der Waals surface area contributed by atoms with Crippen molar-refractivity contribution in [2.45, 2.75) is 44.3 Å². The Labute approximate surface area is 97.3 Å². The van der Waals surface area contributed by atoms with Crippen molar-refractivity contribution in [3.8, 4) is 0 Å². The summed E-state index contributed by atoms with van der Waals surface area (Å²) in [6.07, 6.45) is -5.98. The Morgan fingerprint density at radius 3 is 1.94 bits per heavy atom. The topological polar surface area (TPSA) is 3.24 Å². The fourth-order valence-corrected chi connectivity index (χ4v) is 1.98. The van der Waals surface area contributed by atoms with E-state index in [1.54, 1.807) is 0 Å². The molecule has 1 aliphatic rings. The molecule has 0 N–H and O–H groups in total. The quantitative estimate of drug-likeness (QED) is 0.424. The Balaban J connectivity index is 2.94. The normalized spacial score (nSPS) is 24.1. The number of likely N-dealkylation sites (tertiary alicyclic amines) is 1. The van der Waals surface area contributed by atoms with Crippen molar-refractivity contribution >= 4 is 0 Å². The van der Waals surface area contributed by atoms with Gasteiger partial charge in [-0.2, -0.15) is 13.2 Å². The zero-order chi connectivity index (χ0) is 13.3. The van der Waals surface area contributed by atoms with E-state index < -0.39 is 23.7 Å². The van der Waals surface area contributed by atoms with Crippen LogP contribution >= 0.6 is 0 Å². The number of hydrogen-bond donors (Lipinski definition) is 0. The van der Waals surface area contributed by atoms with Crippen LogP contribution in [-0.2, 0) is 0 Å². The van der Waals surface area contributed by atoms with E-state index in [1.165, 1.54) is 0 Å². The van der Waals surface area contributed by atoms with Crippen LogP contribution < -0.4 is 0 Å². The standard InChI is InChI=1S/C11H16F5N/c1-8(2)10(13,11(14,15)16)9(12)17-6-4-3-5-7-17/h9H,1,3-7H2,2H3. The summed E-state index contributed by atoms with van der Waals surface area (Å²) < 4.78 is 65.8. The van der Waals surface area contributed by atoms with Gasteiger partial charge in [0, 0.05) is 13.1 Å². The maximum atomic E-state index is 14.0. The van der Waals surface area contributed by atoms with Crippen LogP contribution in [-0.4, -0.2) is 36.1 Å². The Morgan fingerprint density at radius 2 is 1.59 bits per heavy atom. The molecule has 0 aromatic rings. The zero-order valence-corrected chi connectivity index (χ0v) is 9.66. The van der Waals surface area contributed by atoms with E-state index in [9.17, 15) is 22.0 Å². The van der Waals surface area contributed by atoms with Crippen molar-refractivity contribution in [3.05, 3.63) is 12.2 Å². The molecule has 17 heavy (non-hydrogen) atoms. The third kappa shape index (κ3) is 2.61. The minimum atomic E-state index is -5.28. The summed E-state index contributed by atoms with van der Waals surface area (Å²) in [5.41, 5.74) is -4.83. The molecule has 1 heterocycles. The molecular weight excluding hydrogens is 241 g/mol. The maximum Gasteiger partial charge on any atom is 0.430 e. The van der Waals surface area contributed by atoms with Gasteiger partial charge in [0.05, 0.1) is 0 Å². The second kappa shape index (κ2) is 4.92. The highest BCUT2D eigenvalue weighted by Crippen LogP contribution is 2.44. The van der Waals surface area contributed by atoms with Crippen LogP contribution in [0.3, 0.4) is 0 Å². The van der Waals surface area contributed by atoms with Gasteiger partial charge in [-0.25, -0.2) is 8.78 Å². The molecule has 1 nitrogen and oxygen atoms in total. The Kier molecular flexibility index (Phi) is 4.17. The zero-order valence-electron chi connectivity index (χ0n) is 9.66. The lowest BCUT2D eigenvalue weighted by Crippen LogP contribution is -2.57. The third-order valence-corrected chi connectivity index (χ3v) is 3.07. The van der Waals surface area contributed by atoms with Gasteiger partial charge in [0.15, 0.2) is 0 Å². The van der Waals surface area contributed by atoms with Crippen molar-refractivity contribution < 1.29 is 22.0 Å². The number of hydrogen-bond acceptors (Lipinski definition) is 1. The van der Waals surface area contributed by atoms with Gasteiger partial charge in [-0.15, -0.1) is 0 Å². The van der Waals surface area contributed by atoms with E-state index >= 15 is 0 Å². The first-order valence-corrected chi connectivity index (χ1v) is 5.51. The predicted octanol–water partition coefficient (Wildman–Crippen LogP) is 3.61. The van der Waals surface area contributed by atoms with Crippen LogP contribution in [0.4, 0.5) is 22.0 Å². The van der Waals surface area contributed by atoms with Crippen LogP contribution in [0.15, 0.2) is 12.2 Å². The molecule has 1 fully saturated rings. The van der Waals surface area contributed by atoms with Gasteiger partial charge < -0.3 is 0 Å². The van der Waals surface area contributed by atoms with E-state index in [0.29, 0.717) is 12.8 Å². The second-order valence-electron chi connectivity index (χ2n) is 4.42. The molecule has 0 saturated carbocycles. The first-order valence-electron chi connectivity index (χ1n) is 5.51. The number of piperidine rings is 1. The van der Waals surface area contributed by atoms with Crippen molar-refractivity contribution in [2.75, 3.05) is 13.1 Å². The molecule has 100 valence electrons. The number of halogens is 5. The van der Waals surface area contributed by atoms with Gasteiger partial charge in [0.25, 0.3) is 5.67 Å². The van der Waals surface area contributed by atoms with Gasteiger partial charge in [-0.05, 0) is 25.3 Å². The average Bonchev–Trinajstić information content (AvgIpc) is 2.26. The molecule has 0 radical (unpaired) electrons. The molecule has 2 atom stereocenters. The van der Waals surface area contributed by atoms with Gasteiger partial charge in [0.2, 0.25) is 6.30 Å². The number of alkyl halides is 5. The molecule has 0 spiro atoms. The Bertz CT molecular complexity index is 282. The van der Waals surface area contributed by atoms with Crippen molar-refractivity contribution in [3.63, 3.8) is 0 Å². The van der Waals surface area contributed by atoms with Crippen LogP contribution in [0.25, 0.3) is 0 Å². The van der Waals surface area contributed by atoms with E-state index in [2.05, 4.69) is 6.58 Å². The summed E-state index contributed by atoms with van der Waals surface area (Å²) in [6, 6.07) is 0. The molecule has 1 aliphatic heterocycles. The minimum absolute atomic E-state index is 0.149. The van der Waals surface area contributed by atoms with Gasteiger partial charge >= 0.3 is 6.18 Å². The number of rotatable bonds is 3. The summed E-state index contributed by atoms with van der Waals surface area (Å²) in [4.78, 5) is 0.908. The van der Waals surface area contributed by atoms with E-state index in [1.807, 2.05) is 0 Å². The molecule has 6 heteroatoms. The SMILES string of the molecule is C=C(C)C(F)(C(F)N1CCCCC1)C(F)(F)F. The molecule has 1 saturated heterocycles. The van der Waals surface area contributed by atoms with Crippen LogP contribution in [0.1, 0.15) is 26.2 Å². The highest BCUT2D eigenvalue weighted by Gasteiger charge is 2.63. The summed E-state index contributed by atoms with van der Waals surface area (Å²) in [5, 5.41) is 0. The monoisotopic (exact) mass is 257 g/mol. The smallest absolute Gasteiger partial charge is 0.271 e. The molecular formula is C11H16F5N. The van der Waals surface area contributed by atoms with Gasteiger partial charge in [0.1, 0.15) is 0 Å². The molecule has 2 unspecified atom stereocenters. The van der Waals surface area contributed by atoms with E-state index in [4.69, 9.17) is 0 Å². The molecule has 0 bridgehead atoms. The van der Waals surface area contributed by atoms with Crippen molar-refractivity contribution in [2.24, 2.45) is 0 Å². The first-order chi connectivity index (χ1) is 7.71. The highest BCUT2D eigenvalue weighted by atomic mass is 19.4. The second-order valence-corrected chi connectivity index (χ2v) is 4.42. The van der Waals surface area contributed by atoms with E-state index in [0.717, 1.165) is 18.2 Å². The third-order valence-electron chi connectivity index (χ3n) is 3.07. The van der Waals surface area contributed by atoms with Crippen LogP contribution in [0.2, 0.25) is 0 Å². The summed E-state index contributed by atoms with van der Waals surface area (Å²) in [6.45, 7) is 4.11. The van der Waals surface area contributed by atoms with Crippen molar-refractivity contribution in [1.82, 2.24) is 4.90 Å². The largest absolute Gasteiger partial charge is 0.430 e. The lowest BCUT2D eigenvalue weighted by molar-refractivity contribution is -0.254. The van der Waals surface area contributed by atoms with Crippen LogP contribution in [0, 0.1) is 0 Å².